The standard InChI is InChI=1S/C13H16ClN5O/c1-7-11(14)12(19(2)18-7)13(20)16-9-4-3-8-6-15-17-10(8)5-9/h6,9H,3-5H2,1-2H3,(H,15,17)(H,16,20)/t9-/m1/s1. The zero-order valence-corrected chi connectivity index (χ0v) is 12.2. The van der Waals surface area contributed by atoms with E-state index in [1.807, 2.05) is 6.20 Å². The minimum absolute atomic E-state index is 0.0988. The summed E-state index contributed by atoms with van der Waals surface area (Å²) < 4.78 is 1.53. The fourth-order valence-electron chi connectivity index (χ4n) is 2.66. The number of rotatable bonds is 2. The second-order valence-corrected chi connectivity index (χ2v) is 5.54. The molecule has 2 aromatic rings. The summed E-state index contributed by atoms with van der Waals surface area (Å²) in [5, 5.41) is 14.6. The molecule has 106 valence electrons. The average Bonchev–Trinajstić information content (AvgIpc) is 2.94. The second kappa shape index (κ2) is 4.94. The van der Waals surface area contributed by atoms with Gasteiger partial charge in [-0.3, -0.25) is 14.6 Å². The lowest BCUT2D eigenvalue weighted by Gasteiger charge is -2.22. The van der Waals surface area contributed by atoms with Crippen LogP contribution in [0.25, 0.3) is 0 Å². The van der Waals surface area contributed by atoms with Gasteiger partial charge < -0.3 is 5.32 Å². The van der Waals surface area contributed by atoms with Crippen molar-refractivity contribution in [3.05, 3.63) is 33.9 Å². The molecule has 1 aliphatic carbocycles. The number of hydrogen-bond acceptors (Lipinski definition) is 3. The number of carbonyl (C=O) groups excluding carboxylic acids is 1. The molecule has 2 aromatic heterocycles. The normalized spacial score (nSPS) is 17.9. The van der Waals surface area contributed by atoms with Crippen molar-refractivity contribution in [2.75, 3.05) is 0 Å². The summed E-state index contributed by atoms with van der Waals surface area (Å²) in [4.78, 5) is 12.3. The van der Waals surface area contributed by atoms with Gasteiger partial charge in [0.2, 0.25) is 0 Å². The molecule has 1 aliphatic rings. The molecule has 0 saturated carbocycles. The smallest absolute Gasteiger partial charge is 0.271 e. The van der Waals surface area contributed by atoms with E-state index in [2.05, 4.69) is 20.6 Å². The largest absolute Gasteiger partial charge is 0.348 e. The summed E-state index contributed by atoms with van der Waals surface area (Å²) in [6, 6.07) is 0.0988. The lowest BCUT2D eigenvalue weighted by Crippen LogP contribution is -2.39. The Balaban J connectivity index is 1.74. The zero-order chi connectivity index (χ0) is 14.3. The van der Waals surface area contributed by atoms with Crippen molar-refractivity contribution in [1.82, 2.24) is 25.3 Å². The van der Waals surface area contributed by atoms with Crippen LogP contribution >= 0.6 is 11.6 Å². The van der Waals surface area contributed by atoms with Crippen LogP contribution in [0.2, 0.25) is 5.02 Å². The molecule has 0 aromatic carbocycles. The molecule has 0 bridgehead atoms. The summed E-state index contributed by atoms with van der Waals surface area (Å²) >= 11 is 6.13. The lowest BCUT2D eigenvalue weighted by molar-refractivity contribution is 0.0924. The molecule has 2 N–H and O–H groups in total. The first-order chi connectivity index (χ1) is 9.56. The molecule has 7 heteroatoms. The third-order valence-corrected chi connectivity index (χ3v) is 4.17. The molecule has 20 heavy (non-hydrogen) atoms. The van der Waals surface area contributed by atoms with E-state index in [4.69, 9.17) is 11.6 Å². The summed E-state index contributed by atoms with van der Waals surface area (Å²) in [6.07, 6.45) is 4.46. The molecule has 0 spiro atoms. The fourth-order valence-corrected chi connectivity index (χ4v) is 2.91. The van der Waals surface area contributed by atoms with Crippen LogP contribution in [0.5, 0.6) is 0 Å². The number of fused-ring (bicyclic) bond motifs is 1. The van der Waals surface area contributed by atoms with Gasteiger partial charge in [-0.1, -0.05) is 11.6 Å². The number of carbonyl (C=O) groups is 1. The van der Waals surface area contributed by atoms with Crippen LogP contribution in [0.15, 0.2) is 6.20 Å². The summed E-state index contributed by atoms with van der Waals surface area (Å²) in [5.41, 5.74) is 3.43. The molecule has 0 unspecified atom stereocenters. The summed E-state index contributed by atoms with van der Waals surface area (Å²) in [5.74, 6) is -0.175. The van der Waals surface area contributed by atoms with Crippen molar-refractivity contribution in [3.63, 3.8) is 0 Å². The summed E-state index contributed by atoms with van der Waals surface area (Å²) in [6.45, 7) is 1.79. The summed E-state index contributed by atoms with van der Waals surface area (Å²) in [7, 11) is 1.72. The highest BCUT2D eigenvalue weighted by Gasteiger charge is 2.25. The number of aromatic amines is 1. The van der Waals surface area contributed by atoms with E-state index in [1.54, 1.807) is 14.0 Å². The minimum atomic E-state index is -0.175. The Hall–Kier alpha value is -1.82. The monoisotopic (exact) mass is 293 g/mol. The van der Waals surface area contributed by atoms with Crippen LogP contribution < -0.4 is 5.32 Å². The van der Waals surface area contributed by atoms with Crippen molar-refractivity contribution in [2.45, 2.75) is 32.2 Å². The Morgan fingerprint density at radius 2 is 2.40 bits per heavy atom. The number of nitrogens with zero attached hydrogens (tertiary/aromatic N) is 3. The van der Waals surface area contributed by atoms with Gasteiger partial charge in [-0.2, -0.15) is 10.2 Å². The molecule has 3 rings (SSSR count). The number of amides is 1. The Morgan fingerprint density at radius 1 is 1.60 bits per heavy atom. The molecule has 0 aliphatic heterocycles. The predicted molar refractivity (Wildman–Crippen MR) is 74.8 cm³/mol. The van der Waals surface area contributed by atoms with E-state index in [-0.39, 0.29) is 11.9 Å². The Morgan fingerprint density at radius 3 is 3.10 bits per heavy atom. The highest BCUT2D eigenvalue weighted by molar-refractivity contribution is 6.34. The molecular formula is C13H16ClN5O. The quantitative estimate of drug-likeness (QED) is 0.878. The Labute approximate surface area is 121 Å². The highest BCUT2D eigenvalue weighted by Crippen LogP contribution is 2.22. The van der Waals surface area contributed by atoms with Crippen molar-refractivity contribution < 1.29 is 4.79 Å². The van der Waals surface area contributed by atoms with Crippen molar-refractivity contribution in [1.29, 1.82) is 0 Å². The van der Waals surface area contributed by atoms with Gasteiger partial charge in [0.1, 0.15) is 5.69 Å². The van der Waals surface area contributed by atoms with Crippen LogP contribution in [0.4, 0.5) is 0 Å². The van der Waals surface area contributed by atoms with Crippen molar-refractivity contribution in [3.8, 4) is 0 Å². The van der Waals surface area contributed by atoms with Gasteiger partial charge in [-0.05, 0) is 25.3 Å². The van der Waals surface area contributed by atoms with Crippen LogP contribution in [-0.4, -0.2) is 31.9 Å². The first kappa shape index (κ1) is 13.2. The molecular weight excluding hydrogens is 278 g/mol. The van der Waals surface area contributed by atoms with Crippen LogP contribution in [0.1, 0.15) is 33.9 Å². The van der Waals surface area contributed by atoms with E-state index in [0.717, 1.165) is 25.0 Å². The Kier molecular flexibility index (Phi) is 3.25. The topological polar surface area (TPSA) is 75.6 Å². The van der Waals surface area contributed by atoms with E-state index >= 15 is 0 Å². The maximum absolute atomic E-state index is 12.3. The SMILES string of the molecule is Cc1nn(C)c(C(=O)N[C@@H]2CCc3cn[nH]c3C2)c1Cl. The first-order valence-corrected chi connectivity index (χ1v) is 6.95. The lowest BCUT2D eigenvalue weighted by atomic mass is 9.94. The predicted octanol–water partition coefficient (Wildman–Crippen LogP) is 1.39. The third-order valence-electron chi connectivity index (χ3n) is 3.72. The van der Waals surface area contributed by atoms with Gasteiger partial charge in [0.05, 0.1) is 16.9 Å². The van der Waals surface area contributed by atoms with Gasteiger partial charge in [0.15, 0.2) is 0 Å². The third kappa shape index (κ3) is 2.20. The highest BCUT2D eigenvalue weighted by atomic mass is 35.5. The first-order valence-electron chi connectivity index (χ1n) is 6.57. The number of nitrogens with one attached hydrogen (secondary N) is 2. The van der Waals surface area contributed by atoms with Gasteiger partial charge >= 0.3 is 0 Å². The Bertz CT molecular complexity index is 660. The number of hydrogen-bond donors (Lipinski definition) is 2. The van der Waals surface area contributed by atoms with Gasteiger partial charge in [0, 0.05) is 25.2 Å². The molecule has 1 amide bonds. The number of H-pyrrole nitrogens is 1. The number of aromatic nitrogens is 4. The molecule has 0 saturated heterocycles. The fraction of sp³-hybridized carbons (Fsp3) is 0.462. The van der Waals surface area contributed by atoms with E-state index in [1.165, 1.54) is 10.2 Å². The van der Waals surface area contributed by atoms with Gasteiger partial charge in [0.25, 0.3) is 5.91 Å². The van der Waals surface area contributed by atoms with Gasteiger partial charge in [-0.25, -0.2) is 0 Å². The molecule has 0 radical (unpaired) electrons. The minimum Gasteiger partial charge on any atom is -0.348 e. The van der Waals surface area contributed by atoms with Crippen LogP contribution in [0, 0.1) is 6.92 Å². The average molecular weight is 294 g/mol. The molecule has 6 nitrogen and oxygen atoms in total. The molecule has 2 heterocycles. The molecule has 1 atom stereocenters. The van der Waals surface area contributed by atoms with Crippen LogP contribution in [0.3, 0.4) is 0 Å². The number of halogens is 1. The maximum atomic E-state index is 12.3. The van der Waals surface area contributed by atoms with E-state index < -0.39 is 0 Å². The van der Waals surface area contributed by atoms with Gasteiger partial charge in [-0.15, -0.1) is 0 Å². The van der Waals surface area contributed by atoms with E-state index in [0.29, 0.717) is 16.4 Å². The zero-order valence-electron chi connectivity index (χ0n) is 11.4. The van der Waals surface area contributed by atoms with Crippen molar-refractivity contribution >= 4 is 17.5 Å². The van der Waals surface area contributed by atoms with Crippen LogP contribution in [-0.2, 0) is 19.9 Å². The number of aryl methyl sites for hydroxylation is 3. The van der Waals surface area contributed by atoms with E-state index in [9.17, 15) is 4.79 Å². The second-order valence-electron chi connectivity index (χ2n) is 5.16. The van der Waals surface area contributed by atoms with Crippen molar-refractivity contribution in [2.24, 2.45) is 7.05 Å². The molecule has 0 fully saturated rings. The maximum Gasteiger partial charge on any atom is 0.271 e.